The van der Waals surface area contributed by atoms with Crippen molar-refractivity contribution in [2.24, 2.45) is 0 Å². The van der Waals surface area contributed by atoms with Crippen molar-refractivity contribution in [2.75, 3.05) is 83.5 Å². The molecule has 30 nitrogen and oxygen atoms in total. The Kier molecular flexibility index (Phi) is 33.4. The summed E-state index contributed by atoms with van der Waals surface area (Å²) in [5.41, 5.74) is 19.8. The molecule has 4 amide bonds. The normalized spacial score (nSPS) is 13.9. The molecule has 0 atom stereocenters. The minimum absolute atomic E-state index is 0.0115. The number of aromatic nitrogens is 4. The number of amides is 4. The van der Waals surface area contributed by atoms with Crippen LogP contribution in [0.2, 0.25) is 0 Å². The number of phenols is 8. The van der Waals surface area contributed by atoms with Gasteiger partial charge in [0.25, 0.3) is 23.6 Å². The number of likely N-dealkylation sites (N-methyl/N-ethyl adjacent to an activating group) is 1. The minimum Gasteiger partial charge on any atom is -0.508 e. The molecule has 0 spiro atoms. The van der Waals surface area contributed by atoms with Crippen LogP contribution in [-0.4, -0.2) is 203 Å². The van der Waals surface area contributed by atoms with Crippen molar-refractivity contribution < 1.29 is 86.5 Å². The lowest BCUT2D eigenvalue weighted by atomic mass is 9.91. The first-order chi connectivity index (χ1) is 66.4. The van der Waals surface area contributed by atoms with E-state index in [1.54, 1.807) is 31.2 Å². The van der Waals surface area contributed by atoms with Crippen LogP contribution in [0.5, 0.6) is 46.0 Å². The fraction of sp³-hybridized carbons (Fsp3) is 0.407. The molecule has 0 bridgehead atoms. The van der Waals surface area contributed by atoms with Crippen LogP contribution in [0.25, 0.3) is 89.8 Å². The average Bonchev–Trinajstić information content (AvgIpc) is 1.64. The summed E-state index contributed by atoms with van der Waals surface area (Å²) in [5.74, 6) is -0.386. The fourth-order valence-electron chi connectivity index (χ4n) is 18.4. The molecule has 8 heterocycles. The number of fused-ring (bicyclic) bond motifs is 4. The van der Waals surface area contributed by atoms with Crippen molar-refractivity contribution in [3.63, 3.8) is 0 Å². The third kappa shape index (κ3) is 23.2. The van der Waals surface area contributed by atoms with Gasteiger partial charge >= 0.3 is 0 Å². The first-order valence-corrected chi connectivity index (χ1v) is 50.2. The molecule has 0 radical (unpaired) electrons. The molecular weight excluding hydrogens is 1790 g/mol. The van der Waals surface area contributed by atoms with Gasteiger partial charge in [-0.2, -0.15) is 0 Å². The largest absolute Gasteiger partial charge is 0.508 e. The molecule has 12 N–H and O–H groups in total. The minimum atomic E-state index is -3.03. The van der Waals surface area contributed by atoms with Crippen LogP contribution < -0.4 is 21.3 Å². The van der Waals surface area contributed by atoms with E-state index in [0.717, 1.165) is 124 Å². The quantitative estimate of drug-likeness (QED) is 0.0217. The number of benzene rings is 8. The van der Waals surface area contributed by atoms with Crippen LogP contribution in [0.3, 0.4) is 0 Å². The summed E-state index contributed by atoms with van der Waals surface area (Å²) in [7, 11) is -3.03. The highest BCUT2D eigenvalue weighted by Crippen LogP contribution is 2.50. The van der Waals surface area contributed by atoms with E-state index in [2.05, 4.69) is 126 Å². The van der Waals surface area contributed by atoms with Crippen molar-refractivity contribution in [3.05, 3.63) is 211 Å². The van der Waals surface area contributed by atoms with Gasteiger partial charge in [-0.1, -0.05) is 170 Å². The summed E-state index contributed by atoms with van der Waals surface area (Å²) in [6.45, 7) is 44.8. The third-order valence-corrected chi connectivity index (χ3v) is 27.9. The van der Waals surface area contributed by atoms with Gasteiger partial charge < -0.3 is 80.2 Å². The number of phenolic OH excluding ortho intramolecular Hbond substituents is 8. The second-order valence-corrected chi connectivity index (χ2v) is 39.8. The topological polar surface area (TPSA) is 429 Å². The predicted octanol–water partition coefficient (Wildman–Crippen LogP) is 18.9. The van der Waals surface area contributed by atoms with Crippen molar-refractivity contribution in [3.8, 4) is 136 Å². The number of sulfone groups is 1. The Morgan fingerprint density at radius 1 is 0.338 bits per heavy atom. The number of nitrogens with zero attached hydrogens (tertiary/aromatic N) is 8. The molecular formula is C108H132N12O18S. The summed E-state index contributed by atoms with van der Waals surface area (Å²) in [6.07, 6.45) is 4.63. The monoisotopic (exact) mass is 1920 g/mol. The second-order valence-electron chi connectivity index (χ2n) is 37.4. The first kappa shape index (κ1) is 103. The molecule has 0 fully saturated rings. The van der Waals surface area contributed by atoms with Crippen molar-refractivity contribution in [1.29, 1.82) is 0 Å². The number of carbonyl (C=O) groups is 4. The molecule has 139 heavy (non-hydrogen) atoms. The highest BCUT2D eigenvalue weighted by atomic mass is 32.2. The molecule has 12 aromatic rings. The van der Waals surface area contributed by atoms with Gasteiger partial charge in [0.05, 0.1) is 50.3 Å². The number of rotatable bonds is 28. The van der Waals surface area contributed by atoms with Crippen molar-refractivity contribution in [1.82, 2.24) is 61.5 Å². The Bertz CT molecular complexity index is 6600. The third-order valence-electron chi connectivity index (χ3n) is 26.2. The number of hydrogen-bond donors (Lipinski definition) is 12. The van der Waals surface area contributed by atoms with Gasteiger partial charge in [-0.15, -0.1) is 0 Å². The maximum atomic E-state index is 12.9. The molecule has 4 aliphatic heterocycles. The highest BCUT2D eigenvalue weighted by molar-refractivity contribution is 7.91. The van der Waals surface area contributed by atoms with Crippen LogP contribution >= 0.6 is 0 Å². The van der Waals surface area contributed by atoms with Gasteiger partial charge in [-0.25, -0.2) is 8.42 Å². The number of hydrogen-bond acceptors (Lipinski definition) is 26. The SMILES string of the molecule is CCCN1CCc2cc(-c3c(C(=O)NCC)noc3-c3cc(C(C)C)c(O)cc3O)ccc2C1.CCNC(=O)c1noc(-c2cc(C(C)C)c(O)cc2O)c1-c1ccc2c(c1)CCN(C(C)C)C2.CCNC(=O)c1noc(-c2cc(C(C)C)c(O)cc2O)c1-c1ccc2c(c1)CCN(CC)C2.CCNC(=O)c1noc(-c2cc(C(C)C)c(O)cc2O)c1-c1ccc2c(c1)CCN(CCS(=O)(=O)CC)C2. The lowest BCUT2D eigenvalue weighted by Crippen LogP contribution is -2.35. The average molecular weight is 1920 g/mol. The zero-order valence-electron chi connectivity index (χ0n) is 82.6. The maximum Gasteiger partial charge on any atom is 0.274 e. The summed E-state index contributed by atoms with van der Waals surface area (Å²) in [4.78, 5) is 60.9. The second kappa shape index (κ2) is 45.1. The number of aromatic hydroxyl groups is 8. The van der Waals surface area contributed by atoms with Crippen LogP contribution in [-0.2, 0) is 61.7 Å². The summed E-state index contributed by atoms with van der Waals surface area (Å²) >= 11 is 0. The fourth-order valence-corrected chi connectivity index (χ4v) is 19.2. The standard InChI is InChI=1S/C28H35N3O6S.2C27H33N3O4.C26H31N3O4/c1-5-29-28(34)26-25(27(37-30-26)22-14-21(17(3)4)23(32)15-24(22)33)19-7-8-20-16-31(10-9-18(20)13-19)11-12-38(35,36)6-2;1-6-28-27(33)25-24(18-7-8-19-14-30(16(4)5)10-9-17(19)11-18)26(34-29-25)21-12-20(15(2)3)22(31)13-23(21)32;1-5-10-30-11-9-17-12-18(7-8-19(17)15-30)24-25(27(33)28-6-2)29-34-26(24)21-13-20(16(3)4)22(31)14-23(21)32;1-5-27-26(32)24-23(17-7-8-18-14-29(6-2)10-9-16(18)11-17)25(33-28-24)20-12-19(15(3)4)21(30)13-22(20)31/h7-8,13-15,17,32-33H,5-6,9-12,16H2,1-4H3,(H,29,34);7-8,11-13,15-16,31-32H,6,9-10,14H2,1-5H3,(H,28,33);7-8,12-14,16,31-32H,5-6,9-11,15H2,1-4H3,(H,28,33);7-8,11-13,15,30-31H,5-6,9-10,14H2,1-4H3,(H,27,32). The molecule has 738 valence electrons. The van der Waals surface area contributed by atoms with Crippen molar-refractivity contribution in [2.45, 2.75) is 206 Å². The molecule has 8 aromatic carbocycles. The Labute approximate surface area is 812 Å². The number of nitrogens with one attached hydrogen (secondary N) is 4. The van der Waals surface area contributed by atoms with E-state index in [9.17, 15) is 68.4 Å². The first-order valence-electron chi connectivity index (χ1n) is 48.4. The van der Waals surface area contributed by atoms with E-state index in [4.69, 9.17) is 18.1 Å². The zero-order valence-corrected chi connectivity index (χ0v) is 83.5. The van der Waals surface area contributed by atoms with Gasteiger partial charge in [0.1, 0.15) is 46.0 Å². The van der Waals surface area contributed by atoms with E-state index < -0.39 is 9.84 Å². The number of carbonyl (C=O) groups excluding carboxylic acids is 4. The van der Waals surface area contributed by atoms with Crippen LogP contribution in [0.4, 0.5) is 0 Å². The van der Waals surface area contributed by atoms with E-state index in [-0.39, 0.29) is 133 Å². The van der Waals surface area contributed by atoms with Gasteiger partial charge in [0, 0.05) is 121 Å². The smallest absolute Gasteiger partial charge is 0.274 e. The predicted molar refractivity (Wildman–Crippen MR) is 538 cm³/mol. The van der Waals surface area contributed by atoms with Gasteiger partial charge in [0.2, 0.25) is 0 Å². The Morgan fingerprint density at radius 3 is 0.863 bits per heavy atom. The lowest BCUT2D eigenvalue weighted by molar-refractivity contribution is 0.0939. The zero-order chi connectivity index (χ0) is 100. The molecule has 4 aromatic heterocycles. The van der Waals surface area contributed by atoms with Crippen LogP contribution in [0.15, 0.2) is 139 Å². The highest BCUT2D eigenvalue weighted by Gasteiger charge is 2.36. The van der Waals surface area contributed by atoms with E-state index in [1.807, 2.05) is 119 Å². The summed E-state index contributed by atoms with van der Waals surface area (Å²) < 4.78 is 46.6. The Balaban J connectivity index is 0.000000156. The van der Waals surface area contributed by atoms with Crippen LogP contribution in [0, 0.1) is 0 Å². The molecule has 0 aliphatic carbocycles. The maximum absolute atomic E-state index is 12.9. The Morgan fingerprint density at radius 2 is 0.604 bits per heavy atom. The van der Waals surface area contributed by atoms with Crippen molar-refractivity contribution >= 4 is 33.5 Å². The lowest BCUT2D eigenvalue weighted by Gasteiger charge is -2.32. The van der Waals surface area contributed by atoms with E-state index >= 15 is 0 Å². The van der Waals surface area contributed by atoms with Gasteiger partial charge in [0.15, 0.2) is 55.7 Å². The van der Waals surface area contributed by atoms with E-state index in [0.29, 0.717) is 129 Å². The Hall–Kier alpha value is -13.3. The molecule has 0 saturated heterocycles. The van der Waals surface area contributed by atoms with Crippen LogP contribution in [0.1, 0.15) is 257 Å². The molecule has 16 rings (SSSR count). The van der Waals surface area contributed by atoms with Gasteiger partial charge in [-0.05, 0) is 224 Å². The summed E-state index contributed by atoms with van der Waals surface area (Å²) in [6, 6.07) is 37.0. The van der Waals surface area contributed by atoms with Gasteiger partial charge in [-0.3, -0.25) is 38.8 Å². The summed E-state index contributed by atoms with van der Waals surface area (Å²) in [5, 5.41) is 112. The molecule has 31 heteroatoms. The molecule has 0 saturated carbocycles. The van der Waals surface area contributed by atoms with E-state index in [1.165, 1.54) is 57.6 Å². The molecule has 0 unspecified atom stereocenters. The molecule has 4 aliphatic rings.